The number of hydrogen-bond donors (Lipinski definition) is 4. The number of carbonyl (C=O) groups is 1. The second-order valence-electron chi connectivity index (χ2n) is 10.5. The van der Waals surface area contributed by atoms with Crippen molar-refractivity contribution >= 4 is 24.5 Å². The molecule has 13 nitrogen and oxygen atoms in total. The summed E-state index contributed by atoms with van der Waals surface area (Å²) >= 11 is 0. The summed E-state index contributed by atoms with van der Waals surface area (Å²) < 4.78 is 38.2. The van der Waals surface area contributed by atoms with E-state index in [4.69, 9.17) is 18.5 Å². The third kappa shape index (κ3) is 7.55. The molecular formula is C30H38N3O10P. The molecule has 0 bridgehead atoms. The van der Waals surface area contributed by atoms with Gasteiger partial charge in [-0.2, -0.15) is 5.09 Å². The number of aromatic amines is 1. The molecular weight excluding hydrogens is 593 g/mol. The van der Waals surface area contributed by atoms with Crippen LogP contribution in [0.3, 0.4) is 0 Å². The lowest BCUT2D eigenvalue weighted by molar-refractivity contribution is -0.145. The van der Waals surface area contributed by atoms with Crippen LogP contribution in [0.5, 0.6) is 5.75 Å². The fraction of sp³-hybridized carbons (Fsp3) is 0.433. The van der Waals surface area contributed by atoms with Crippen LogP contribution in [0, 0.1) is 0 Å². The summed E-state index contributed by atoms with van der Waals surface area (Å²) in [6.07, 6.45) is 1.05. The molecule has 0 saturated carbocycles. The van der Waals surface area contributed by atoms with E-state index in [1.807, 2.05) is 18.2 Å². The van der Waals surface area contributed by atoms with Crippen molar-refractivity contribution in [3.63, 3.8) is 0 Å². The van der Waals surface area contributed by atoms with Crippen LogP contribution in [0.25, 0.3) is 10.8 Å². The second kappa shape index (κ2) is 14.5. The van der Waals surface area contributed by atoms with E-state index in [2.05, 4.69) is 23.6 Å². The number of aliphatic hydroxyl groups is 2. The van der Waals surface area contributed by atoms with Crippen LogP contribution in [0.4, 0.5) is 0 Å². The first-order valence-corrected chi connectivity index (χ1v) is 15.9. The third-order valence-electron chi connectivity index (χ3n) is 7.30. The molecule has 44 heavy (non-hydrogen) atoms. The Hall–Kier alpha value is -3.58. The lowest BCUT2D eigenvalue weighted by atomic mass is 9.96. The van der Waals surface area contributed by atoms with Crippen molar-refractivity contribution < 1.29 is 38.1 Å². The van der Waals surface area contributed by atoms with Gasteiger partial charge in [-0.3, -0.25) is 23.7 Å². The highest BCUT2D eigenvalue weighted by Gasteiger charge is 2.55. The number of nitrogens with one attached hydrogen (secondary N) is 2. The fourth-order valence-corrected chi connectivity index (χ4v) is 6.35. The minimum atomic E-state index is -4.45. The van der Waals surface area contributed by atoms with Gasteiger partial charge < -0.3 is 24.2 Å². The average molecular weight is 632 g/mol. The minimum Gasteiger partial charge on any atom is -0.465 e. The first-order valence-electron chi connectivity index (χ1n) is 14.4. The lowest BCUT2D eigenvalue weighted by Gasteiger charge is -2.31. The molecule has 4 N–H and O–H groups in total. The summed E-state index contributed by atoms with van der Waals surface area (Å²) in [5.74, 6) is -0.479. The van der Waals surface area contributed by atoms with Gasteiger partial charge in [-0.15, -0.1) is 6.58 Å². The SMILES string of the molecule is C=C[C@]1(COP(=O)(N[C@@H](C)C(=O)OCCCCCC)Oc2cccc3ccccc23)O[C@@H](n2ccc(=O)[nH]c2=O)[C@H](O)[C@@H]1O. The zero-order valence-electron chi connectivity index (χ0n) is 24.6. The number of H-pyrrole nitrogens is 1. The van der Waals surface area contributed by atoms with Crippen LogP contribution < -0.4 is 20.9 Å². The van der Waals surface area contributed by atoms with E-state index in [9.17, 15) is 29.2 Å². The third-order valence-corrected chi connectivity index (χ3v) is 8.91. The Labute approximate surface area is 254 Å². The van der Waals surface area contributed by atoms with Crippen molar-refractivity contribution in [3.05, 3.63) is 88.2 Å². The van der Waals surface area contributed by atoms with E-state index < -0.39 is 61.7 Å². The quantitative estimate of drug-likeness (QED) is 0.0838. The molecule has 14 heteroatoms. The summed E-state index contributed by atoms with van der Waals surface area (Å²) in [7, 11) is -4.45. The lowest BCUT2D eigenvalue weighted by Crippen LogP contribution is -2.46. The number of ether oxygens (including phenoxy) is 2. The number of unbranched alkanes of at least 4 members (excludes halogenated alkanes) is 3. The van der Waals surface area contributed by atoms with Gasteiger partial charge >= 0.3 is 19.4 Å². The van der Waals surface area contributed by atoms with Gasteiger partial charge in [0.1, 0.15) is 29.6 Å². The predicted molar refractivity (Wildman–Crippen MR) is 162 cm³/mol. The van der Waals surface area contributed by atoms with Crippen LogP contribution in [-0.4, -0.2) is 62.8 Å². The Bertz CT molecular complexity index is 1620. The molecule has 0 amide bonds. The van der Waals surface area contributed by atoms with Gasteiger partial charge in [0.25, 0.3) is 5.56 Å². The number of benzene rings is 2. The largest absolute Gasteiger partial charge is 0.465 e. The molecule has 238 valence electrons. The van der Waals surface area contributed by atoms with E-state index in [0.29, 0.717) is 11.8 Å². The molecule has 1 aliphatic heterocycles. The fourth-order valence-electron chi connectivity index (χ4n) is 4.80. The maximum atomic E-state index is 14.3. The number of carbonyl (C=O) groups excluding carboxylic acids is 1. The smallest absolute Gasteiger partial charge is 0.459 e. The molecule has 6 atom stereocenters. The molecule has 1 unspecified atom stereocenters. The van der Waals surface area contributed by atoms with Crippen LogP contribution in [-0.2, 0) is 23.4 Å². The topological polar surface area (TPSA) is 178 Å². The number of aromatic nitrogens is 2. The molecule has 1 aliphatic rings. The van der Waals surface area contributed by atoms with Gasteiger partial charge in [0.15, 0.2) is 6.23 Å². The van der Waals surface area contributed by atoms with Gasteiger partial charge in [-0.25, -0.2) is 9.36 Å². The Morgan fingerprint density at radius 2 is 1.93 bits per heavy atom. The van der Waals surface area contributed by atoms with Gasteiger partial charge in [0, 0.05) is 17.6 Å². The average Bonchev–Trinajstić information content (AvgIpc) is 3.25. The van der Waals surface area contributed by atoms with Gasteiger partial charge in [-0.05, 0) is 24.8 Å². The van der Waals surface area contributed by atoms with Gasteiger partial charge in [0.2, 0.25) is 0 Å². The Morgan fingerprint density at radius 3 is 2.66 bits per heavy atom. The minimum absolute atomic E-state index is 0.192. The molecule has 0 aliphatic carbocycles. The molecule has 3 aromatic rings. The number of esters is 1. The van der Waals surface area contributed by atoms with Crippen molar-refractivity contribution in [2.75, 3.05) is 13.2 Å². The Morgan fingerprint density at radius 1 is 1.18 bits per heavy atom. The summed E-state index contributed by atoms with van der Waals surface area (Å²) in [6, 6.07) is 12.3. The molecule has 1 aromatic heterocycles. The van der Waals surface area contributed by atoms with Crippen molar-refractivity contribution in [2.45, 2.75) is 69.6 Å². The number of rotatable bonds is 15. The van der Waals surface area contributed by atoms with Crippen molar-refractivity contribution in [3.8, 4) is 5.75 Å². The second-order valence-corrected chi connectivity index (χ2v) is 12.2. The molecule has 1 saturated heterocycles. The zero-order valence-corrected chi connectivity index (χ0v) is 25.5. The number of hydrogen-bond acceptors (Lipinski definition) is 10. The summed E-state index contributed by atoms with van der Waals surface area (Å²) in [4.78, 5) is 38.7. The summed E-state index contributed by atoms with van der Waals surface area (Å²) in [5, 5.41) is 25.8. The van der Waals surface area contributed by atoms with E-state index in [0.717, 1.165) is 47.6 Å². The number of nitrogens with zero attached hydrogens (tertiary/aromatic N) is 1. The highest BCUT2D eigenvalue weighted by molar-refractivity contribution is 7.52. The van der Waals surface area contributed by atoms with E-state index in [1.165, 1.54) is 6.92 Å². The molecule has 2 aromatic carbocycles. The highest BCUT2D eigenvalue weighted by atomic mass is 31.2. The van der Waals surface area contributed by atoms with Gasteiger partial charge in [-0.1, -0.05) is 68.7 Å². The number of fused-ring (bicyclic) bond motifs is 1. The van der Waals surface area contributed by atoms with Crippen LogP contribution in [0.15, 0.2) is 77.0 Å². The monoisotopic (exact) mass is 631 g/mol. The van der Waals surface area contributed by atoms with Crippen LogP contribution >= 0.6 is 7.75 Å². The maximum absolute atomic E-state index is 14.3. The first kappa shape index (κ1) is 33.3. The summed E-state index contributed by atoms with van der Waals surface area (Å²) in [5.41, 5.74) is -3.44. The molecule has 0 radical (unpaired) electrons. The number of aliphatic hydroxyl groups excluding tert-OH is 2. The molecule has 2 heterocycles. The standard InChI is InChI=1S/C30H38N3O10P/c1-4-6-7-10-18-40-28(37)20(3)32-44(39,43-23-15-11-13-21-12-8-9-14-22(21)23)41-19-30(5-2)26(36)25(35)27(42-30)33-17-16-24(34)31-29(33)38/h5,8-9,11-17,20,25-27,35-36H,2,4,6-7,10,18-19H2,1,3H3,(H,32,39)(H,31,34,38)/t20-,25+,26-,27+,30+,44?/m0/s1. The summed E-state index contributed by atoms with van der Waals surface area (Å²) in [6.45, 7) is 6.72. The van der Waals surface area contributed by atoms with E-state index >= 15 is 0 Å². The molecule has 0 spiro atoms. The maximum Gasteiger partial charge on any atom is 0.459 e. The molecule has 4 rings (SSSR count). The highest BCUT2D eigenvalue weighted by Crippen LogP contribution is 2.49. The van der Waals surface area contributed by atoms with Gasteiger partial charge in [0.05, 0.1) is 13.2 Å². The Balaban J connectivity index is 1.59. The van der Waals surface area contributed by atoms with Crippen molar-refractivity contribution in [2.24, 2.45) is 0 Å². The molecule has 1 fully saturated rings. The zero-order chi connectivity index (χ0) is 31.9. The van der Waals surface area contributed by atoms with E-state index in [1.54, 1.807) is 24.3 Å². The Kier molecular flexibility index (Phi) is 11.0. The van der Waals surface area contributed by atoms with Crippen molar-refractivity contribution in [1.82, 2.24) is 14.6 Å². The van der Waals surface area contributed by atoms with Crippen molar-refractivity contribution in [1.29, 1.82) is 0 Å². The predicted octanol–water partition coefficient (Wildman–Crippen LogP) is 3.17. The van der Waals surface area contributed by atoms with Crippen LogP contribution in [0.1, 0.15) is 45.8 Å². The van der Waals surface area contributed by atoms with E-state index in [-0.39, 0.29) is 12.4 Å². The normalized spacial score (nSPS) is 23.6. The van der Waals surface area contributed by atoms with Crippen LogP contribution in [0.2, 0.25) is 0 Å². The first-order chi connectivity index (χ1) is 21.0.